The molecule has 2 aromatic rings. The number of carbonyl (C=O) groups excluding carboxylic acids is 1. The highest BCUT2D eigenvalue weighted by Crippen LogP contribution is 2.30. The first-order valence-electron chi connectivity index (χ1n) is 9.31. The van der Waals surface area contributed by atoms with Crippen LogP contribution in [0.25, 0.3) is 5.69 Å². The standard InChI is InChI=1S/C19H24ClN5O/c1-3-17-22-18(23-25(17)16-7-5-4-6-15(16)20)19(26)24(2)14-10-12-8-9-13(11-14)21-12/h4-7,12-14,21H,3,8-11H2,1-2H3. The molecule has 7 heteroatoms. The number of amides is 1. The number of aromatic nitrogens is 3. The van der Waals surface area contributed by atoms with Crippen LogP contribution in [0.1, 0.15) is 49.1 Å². The van der Waals surface area contributed by atoms with E-state index in [1.807, 2.05) is 43.1 Å². The number of nitrogens with one attached hydrogen (secondary N) is 1. The molecule has 1 N–H and O–H groups in total. The number of piperidine rings is 1. The average molecular weight is 374 g/mol. The van der Waals surface area contributed by atoms with E-state index in [9.17, 15) is 4.79 Å². The molecule has 2 aliphatic heterocycles. The van der Waals surface area contributed by atoms with Crippen molar-refractivity contribution in [3.63, 3.8) is 0 Å². The van der Waals surface area contributed by atoms with Crippen molar-refractivity contribution in [3.05, 3.63) is 40.9 Å². The highest BCUT2D eigenvalue weighted by molar-refractivity contribution is 6.32. The molecule has 0 saturated carbocycles. The number of hydrogen-bond acceptors (Lipinski definition) is 4. The van der Waals surface area contributed by atoms with Gasteiger partial charge < -0.3 is 10.2 Å². The van der Waals surface area contributed by atoms with E-state index in [-0.39, 0.29) is 17.8 Å². The molecule has 3 heterocycles. The maximum Gasteiger partial charge on any atom is 0.293 e. The largest absolute Gasteiger partial charge is 0.336 e. The number of carbonyl (C=O) groups is 1. The fourth-order valence-electron chi connectivity index (χ4n) is 4.15. The quantitative estimate of drug-likeness (QED) is 0.895. The zero-order valence-corrected chi connectivity index (χ0v) is 15.9. The summed E-state index contributed by atoms with van der Waals surface area (Å²) in [5.74, 6) is 0.868. The monoisotopic (exact) mass is 373 g/mol. The van der Waals surface area contributed by atoms with Gasteiger partial charge in [0.1, 0.15) is 5.82 Å². The minimum atomic E-state index is -0.114. The van der Waals surface area contributed by atoms with Gasteiger partial charge in [-0.1, -0.05) is 30.7 Å². The summed E-state index contributed by atoms with van der Waals surface area (Å²) in [6, 6.07) is 8.80. The number of halogens is 1. The third-order valence-corrected chi connectivity index (χ3v) is 5.90. The first-order valence-corrected chi connectivity index (χ1v) is 9.68. The first kappa shape index (κ1) is 17.5. The van der Waals surface area contributed by atoms with Gasteiger partial charge in [-0.3, -0.25) is 4.79 Å². The first-order chi connectivity index (χ1) is 12.6. The van der Waals surface area contributed by atoms with Crippen LogP contribution in [-0.2, 0) is 6.42 Å². The normalized spacial score (nSPS) is 24.7. The van der Waals surface area contributed by atoms with E-state index in [1.54, 1.807) is 4.68 Å². The second kappa shape index (κ2) is 7.00. The van der Waals surface area contributed by atoms with Crippen LogP contribution in [-0.4, -0.2) is 50.7 Å². The highest BCUT2D eigenvalue weighted by Gasteiger charge is 2.37. The van der Waals surface area contributed by atoms with E-state index in [0.717, 1.165) is 24.4 Å². The van der Waals surface area contributed by atoms with Crippen LogP contribution in [0.3, 0.4) is 0 Å². The maximum atomic E-state index is 13.0. The van der Waals surface area contributed by atoms with Crippen molar-refractivity contribution >= 4 is 17.5 Å². The van der Waals surface area contributed by atoms with Gasteiger partial charge in [0, 0.05) is 31.6 Å². The minimum Gasteiger partial charge on any atom is -0.336 e. The molecule has 0 aliphatic carbocycles. The molecule has 2 fully saturated rings. The van der Waals surface area contributed by atoms with Gasteiger partial charge in [-0.25, -0.2) is 9.67 Å². The number of fused-ring (bicyclic) bond motifs is 2. The SMILES string of the molecule is CCc1nc(C(=O)N(C)C2CC3CCC(C2)N3)nn1-c1ccccc1Cl. The van der Waals surface area contributed by atoms with Gasteiger partial charge in [-0.15, -0.1) is 5.10 Å². The Morgan fingerprint density at radius 3 is 2.65 bits per heavy atom. The number of para-hydroxylation sites is 1. The molecule has 0 spiro atoms. The van der Waals surface area contributed by atoms with Crippen molar-refractivity contribution in [1.29, 1.82) is 0 Å². The predicted octanol–water partition coefficient (Wildman–Crippen LogP) is 2.84. The van der Waals surface area contributed by atoms with Crippen LogP contribution < -0.4 is 5.32 Å². The van der Waals surface area contributed by atoms with Crippen molar-refractivity contribution in [2.24, 2.45) is 0 Å². The van der Waals surface area contributed by atoms with Crippen molar-refractivity contribution in [3.8, 4) is 5.69 Å². The number of rotatable bonds is 4. The molecule has 6 nitrogen and oxygen atoms in total. The molecule has 4 rings (SSSR count). The average Bonchev–Trinajstić information content (AvgIpc) is 3.23. The molecule has 26 heavy (non-hydrogen) atoms. The third-order valence-electron chi connectivity index (χ3n) is 5.58. The Bertz CT molecular complexity index is 808. The summed E-state index contributed by atoms with van der Waals surface area (Å²) >= 11 is 6.31. The van der Waals surface area contributed by atoms with Gasteiger partial charge in [0.25, 0.3) is 5.91 Å². The van der Waals surface area contributed by atoms with E-state index in [4.69, 9.17) is 11.6 Å². The van der Waals surface area contributed by atoms with Crippen LogP contribution in [0.4, 0.5) is 0 Å². The van der Waals surface area contributed by atoms with E-state index in [2.05, 4.69) is 15.4 Å². The molecule has 2 unspecified atom stereocenters. The highest BCUT2D eigenvalue weighted by atomic mass is 35.5. The smallest absolute Gasteiger partial charge is 0.293 e. The Morgan fingerprint density at radius 1 is 1.31 bits per heavy atom. The fourth-order valence-corrected chi connectivity index (χ4v) is 4.36. The summed E-state index contributed by atoms with van der Waals surface area (Å²) in [7, 11) is 1.87. The fraction of sp³-hybridized carbons (Fsp3) is 0.526. The summed E-state index contributed by atoms with van der Waals surface area (Å²) < 4.78 is 1.69. The zero-order chi connectivity index (χ0) is 18.3. The van der Waals surface area contributed by atoms with Gasteiger partial charge in [0.15, 0.2) is 0 Å². The lowest BCUT2D eigenvalue weighted by Gasteiger charge is -2.35. The van der Waals surface area contributed by atoms with E-state index in [1.165, 1.54) is 12.8 Å². The summed E-state index contributed by atoms with van der Waals surface area (Å²) in [5, 5.41) is 8.70. The Labute approximate surface area is 158 Å². The van der Waals surface area contributed by atoms with Gasteiger partial charge in [0.2, 0.25) is 5.82 Å². The van der Waals surface area contributed by atoms with Crippen molar-refractivity contribution in [2.45, 2.75) is 57.2 Å². The summed E-state index contributed by atoms with van der Waals surface area (Å²) in [6.07, 6.45) is 5.10. The van der Waals surface area contributed by atoms with Crippen LogP contribution in [0.15, 0.2) is 24.3 Å². The molecule has 2 atom stereocenters. The Morgan fingerprint density at radius 2 is 2.00 bits per heavy atom. The van der Waals surface area contributed by atoms with Gasteiger partial charge in [0.05, 0.1) is 10.7 Å². The number of hydrogen-bond donors (Lipinski definition) is 1. The van der Waals surface area contributed by atoms with Crippen molar-refractivity contribution < 1.29 is 4.79 Å². The molecule has 2 saturated heterocycles. The van der Waals surface area contributed by atoms with Gasteiger partial charge in [-0.05, 0) is 37.8 Å². The second-order valence-electron chi connectivity index (χ2n) is 7.25. The number of aryl methyl sites for hydroxylation is 1. The predicted molar refractivity (Wildman–Crippen MR) is 101 cm³/mol. The lowest BCUT2D eigenvalue weighted by atomic mass is 9.98. The van der Waals surface area contributed by atoms with Crippen LogP contribution in [0.2, 0.25) is 5.02 Å². The van der Waals surface area contributed by atoms with Crippen molar-refractivity contribution in [1.82, 2.24) is 25.0 Å². The summed E-state index contributed by atoms with van der Waals surface area (Å²) in [5.41, 5.74) is 0.750. The molecule has 1 aromatic heterocycles. The third kappa shape index (κ3) is 3.12. The molecular formula is C19H24ClN5O. The topological polar surface area (TPSA) is 63.1 Å². The van der Waals surface area contributed by atoms with Crippen molar-refractivity contribution in [2.75, 3.05) is 7.05 Å². The summed E-state index contributed by atoms with van der Waals surface area (Å²) in [6.45, 7) is 2.00. The maximum absolute atomic E-state index is 13.0. The Hall–Kier alpha value is -1.92. The molecule has 1 amide bonds. The Balaban J connectivity index is 1.59. The lowest BCUT2D eigenvalue weighted by molar-refractivity contribution is 0.0669. The van der Waals surface area contributed by atoms with Gasteiger partial charge in [-0.2, -0.15) is 0 Å². The molecule has 138 valence electrons. The second-order valence-corrected chi connectivity index (χ2v) is 7.65. The van der Waals surface area contributed by atoms with Gasteiger partial charge >= 0.3 is 0 Å². The molecule has 2 aliphatic rings. The lowest BCUT2D eigenvalue weighted by Crippen LogP contribution is -2.48. The summed E-state index contributed by atoms with van der Waals surface area (Å²) in [4.78, 5) is 19.3. The Kier molecular flexibility index (Phi) is 4.71. The minimum absolute atomic E-state index is 0.114. The van der Waals surface area contributed by atoms with Crippen LogP contribution in [0.5, 0.6) is 0 Å². The number of benzene rings is 1. The van der Waals surface area contributed by atoms with E-state index >= 15 is 0 Å². The molecule has 2 bridgehead atoms. The molecular weight excluding hydrogens is 350 g/mol. The molecule has 0 radical (unpaired) electrons. The van der Waals surface area contributed by atoms with E-state index in [0.29, 0.717) is 23.5 Å². The van der Waals surface area contributed by atoms with Crippen LogP contribution >= 0.6 is 11.6 Å². The van der Waals surface area contributed by atoms with Crippen LogP contribution in [0, 0.1) is 0 Å². The van der Waals surface area contributed by atoms with E-state index < -0.39 is 0 Å². The molecule has 1 aromatic carbocycles. The zero-order valence-electron chi connectivity index (χ0n) is 15.2. The number of nitrogens with zero attached hydrogens (tertiary/aromatic N) is 4.